The first-order valence-corrected chi connectivity index (χ1v) is 6.60. The predicted molar refractivity (Wildman–Crippen MR) is 73.9 cm³/mol. The lowest BCUT2D eigenvalue weighted by atomic mass is 10.1. The standard InChI is InChI=1S/C14H18N2O4/c1-3-6-15-13(18)8-16-11-5-4-10(17)7-12(11)20-9(2)14(16)19/h4-5,7,9,17H,3,6,8H2,1-2H3,(H,15,18). The molecule has 6 nitrogen and oxygen atoms in total. The van der Waals surface area contributed by atoms with Crippen molar-refractivity contribution >= 4 is 17.5 Å². The van der Waals surface area contributed by atoms with Gasteiger partial charge in [0.1, 0.15) is 18.0 Å². The van der Waals surface area contributed by atoms with Crippen LogP contribution in [0.4, 0.5) is 5.69 Å². The molecule has 0 saturated heterocycles. The van der Waals surface area contributed by atoms with Crippen LogP contribution >= 0.6 is 0 Å². The summed E-state index contributed by atoms with van der Waals surface area (Å²) < 4.78 is 5.43. The van der Waals surface area contributed by atoms with Gasteiger partial charge in [-0.1, -0.05) is 6.92 Å². The second kappa shape index (κ2) is 5.81. The van der Waals surface area contributed by atoms with Crippen LogP contribution in [-0.2, 0) is 9.59 Å². The van der Waals surface area contributed by atoms with Crippen molar-refractivity contribution in [3.05, 3.63) is 18.2 Å². The van der Waals surface area contributed by atoms with Crippen LogP contribution < -0.4 is 15.0 Å². The third kappa shape index (κ3) is 2.84. The molecule has 0 spiro atoms. The van der Waals surface area contributed by atoms with Gasteiger partial charge in [0.2, 0.25) is 5.91 Å². The summed E-state index contributed by atoms with van der Waals surface area (Å²) in [5, 5.41) is 12.2. The Morgan fingerprint density at radius 1 is 1.50 bits per heavy atom. The van der Waals surface area contributed by atoms with E-state index in [1.165, 1.54) is 17.0 Å². The Morgan fingerprint density at radius 3 is 2.95 bits per heavy atom. The number of hydrogen-bond donors (Lipinski definition) is 2. The van der Waals surface area contributed by atoms with Gasteiger partial charge in [0, 0.05) is 12.6 Å². The molecule has 1 unspecified atom stereocenters. The summed E-state index contributed by atoms with van der Waals surface area (Å²) in [6.45, 7) is 4.10. The van der Waals surface area contributed by atoms with E-state index in [2.05, 4.69) is 5.32 Å². The van der Waals surface area contributed by atoms with Crippen LogP contribution in [0.15, 0.2) is 18.2 Å². The molecule has 2 amide bonds. The lowest BCUT2D eigenvalue weighted by Gasteiger charge is -2.32. The number of benzene rings is 1. The molecule has 0 bridgehead atoms. The number of phenols is 1. The molecule has 1 heterocycles. The van der Waals surface area contributed by atoms with E-state index in [1.807, 2.05) is 6.92 Å². The lowest BCUT2D eigenvalue weighted by molar-refractivity contribution is -0.128. The van der Waals surface area contributed by atoms with Gasteiger partial charge in [-0.3, -0.25) is 14.5 Å². The van der Waals surface area contributed by atoms with Crippen molar-refractivity contribution in [2.45, 2.75) is 26.4 Å². The summed E-state index contributed by atoms with van der Waals surface area (Å²) in [6.07, 6.45) is 0.159. The van der Waals surface area contributed by atoms with Gasteiger partial charge in [0.05, 0.1) is 5.69 Å². The largest absolute Gasteiger partial charge is 0.508 e. The van der Waals surface area contributed by atoms with Gasteiger partial charge in [-0.25, -0.2) is 0 Å². The molecule has 6 heteroatoms. The Kier molecular flexibility index (Phi) is 4.12. The number of phenolic OH excluding ortho intramolecular Hbond substituents is 1. The molecule has 1 aliphatic heterocycles. The molecule has 20 heavy (non-hydrogen) atoms. The summed E-state index contributed by atoms with van der Waals surface area (Å²) in [7, 11) is 0. The van der Waals surface area contributed by atoms with Crippen LogP contribution in [0.5, 0.6) is 11.5 Å². The molecule has 1 atom stereocenters. The van der Waals surface area contributed by atoms with Crippen molar-refractivity contribution in [3.8, 4) is 11.5 Å². The Bertz CT molecular complexity index is 530. The molecule has 1 aliphatic rings. The van der Waals surface area contributed by atoms with Crippen LogP contribution in [0, 0.1) is 0 Å². The topological polar surface area (TPSA) is 78.9 Å². The molecular weight excluding hydrogens is 260 g/mol. The second-order valence-corrected chi connectivity index (χ2v) is 4.69. The number of rotatable bonds is 4. The van der Waals surface area contributed by atoms with Gasteiger partial charge in [0.25, 0.3) is 5.91 Å². The maximum absolute atomic E-state index is 12.1. The summed E-state index contributed by atoms with van der Waals surface area (Å²) in [5.41, 5.74) is 0.498. The zero-order valence-corrected chi connectivity index (χ0v) is 11.5. The van der Waals surface area contributed by atoms with E-state index in [4.69, 9.17) is 4.74 Å². The van der Waals surface area contributed by atoms with E-state index in [1.54, 1.807) is 13.0 Å². The number of nitrogens with zero attached hydrogens (tertiary/aromatic N) is 1. The molecule has 0 aliphatic carbocycles. The number of ether oxygens (including phenoxy) is 1. The highest BCUT2D eigenvalue weighted by Gasteiger charge is 2.32. The quantitative estimate of drug-likeness (QED) is 0.862. The van der Waals surface area contributed by atoms with Crippen LogP contribution in [0.1, 0.15) is 20.3 Å². The van der Waals surface area contributed by atoms with Crippen molar-refractivity contribution in [2.75, 3.05) is 18.0 Å². The minimum absolute atomic E-state index is 0.0513. The van der Waals surface area contributed by atoms with Crippen LogP contribution in [0.3, 0.4) is 0 Å². The van der Waals surface area contributed by atoms with E-state index in [9.17, 15) is 14.7 Å². The van der Waals surface area contributed by atoms with Crippen molar-refractivity contribution in [2.24, 2.45) is 0 Å². The first-order chi connectivity index (χ1) is 9.52. The van der Waals surface area contributed by atoms with Crippen molar-refractivity contribution in [1.29, 1.82) is 0 Å². The average Bonchev–Trinajstić information content (AvgIpc) is 2.41. The van der Waals surface area contributed by atoms with Crippen LogP contribution in [0.25, 0.3) is 0 Å². The van der Waals surface area contributed by atoms with E-state index < -0.39 is 6.10 Å². The highest BCUT2D eigenvalue weighted by atomic mass is 16.5. The number of hydrogen-bond acceptors (Lipinski definition) is 4. The Balaban J connectivity index is 2.23. The van der Waals surface area contributed by atoms with E-state index in [0.29, 0.717) is 18.0 Å². The first-order valence-electron chi connectivity index (χ1n) is 6.60. The molecule has 0 radical (unpaired) electrons. The third-order valence-corrected chi connectivity index (χ3v) is 3.03. The molecule has 2 N–H and O–H groups in total. The molecule has 2 rings (SSSR count). The smallest absolute Gasteiger partial charge is 0.268 e. The zero-order valence-electron chi connectivity index (χ0n) is 11.5. The number of carbonyl (C=O) groups excluding carboxylic acids is 2. The van der Waals surface area contributed by atoms with Gasteiger partial charge < -0.3 is 15.2 Å². The fraction of sp³-hybridized carbons (Fsp3) is 0.429. The minimum atomic E-state index is -0.678. The number of aromatic hydroxyl groups is 1. The van der Waals surface area contributed by atoms with Crippen molar-refractivity contribution in [1.82, 2.24) is 5.32 Å². The van der Waals surface area contributed by atoms with Gasteiger partial charge in [-0.2, -0.15) is 0 Å². The number of fused-ring (bicyclic) bond motifs is 1. The predicted octanol–water partition coefficient (Wildman–Crippen LogP) is 1.03. The van der Waals surface area contributed by atoms with Gasteiger partial charge in [-0.05, 0) is 25.5 Å². The number of nitrogens with one attached hydrogen (secondary N) is 1. The fourth-order valence-electron chi connectivity index (χ4n) is 2.03. The minimum Gasteiger partial charge on any atom is -0.508 e. The van der Waals surface area contributed by atoms with Crippen LogP contribution in [-0.4, -0.2) is 36.1 Å². The number of amides is 2. The van der Waals surface area contributed by atoms with Gasteiger partial charge in [-0.15, -0.1) is 0 Å². The Labute approximate surface area is 117 Å². The summed E-state index contributed by atoms with van der Waals surface area (Å²) in [4.78, 5) is 25.3. The van der Waals surface area contributed by atoms with E-state index in [-0.39, 0.29) is 24.1 Å². The second-order valence-electron chi connectivity index (χ2n) is 4.69. The van der Waals surface area contributed by atoms with Crippen LogP contribution in [0.2, 0.25) is 0 Å². The molecule has 1 aromatic rings. The summed E-state index contributed by atoms with van der Waals surface area (Å²) in [6, 6.07) is 4.47. The Morgan fingerprint density at radius 2 is 2.25 bits per heavy atom. The first kappa shape index (κ1) is 14.2. The van der Waals surface area contributed by atoms with Gasteiger partial charge >= 0.3 is 0 Å². The maximum atomic E-state index is 12.1. The fourth-order valence-corrected chi connectivity index (χ4v) is 2.03. The average molecular weight is 278 g/mol. The monoisotopic (exact) mass is 278 g/mol. The summed E-state index contributed by atoms with van der Waals surface area (Å²) in [5.74, 6) is -0.0239. The van der Waals surface area contributed by atoms with E-state index in [0.717, 1.165) is 6.42 Å². The SMILES string of the molecule is CCCNC(=O)CN1C(=O)C(C)Oc2cc(O)ccc21. The third-order valence-electron chi connectivity index (χ3n) is 3.03. The molecule has 0 saturated carbocycles. The normalized spacial score (nSPS) is 17.4. The number of carbonyl (C=O) groups is 2. The lowest BCUT2D eigenvalue weighted by Crippen LogP contribution is -2.48. The summed E-state index contributed by atoms with van der Waals surface area (Å²) >= 11 is 0. The molecule has 108 valence electrons. The molecular formula is C14H18N2O4. The Hall–Kier alpha value is -2.24. The van der Waals surface area contributed by atoms with Crippen molar-refractivity contribution < 1.29 is 19.4 Å². The highest BCUT2D eigenvalue weighted by Crippen LogP contribution is 2.36. The van der Waals surface area contributed by atoms with Crippen molar-refractivity contribution in [3.63, 3.8) is 0 Å². The maximum Gasteiger partial charge on any atom is 0.268 e. The zero-order chi connectivity index (χ0) is 14.7. The van der Waals surface area contributed by atoms with E-state index >= 15 is 0 Å². The highest BCUT2D eigenvalue weighted by molar-refractivity contribution is 6.03. The number of anilines is 1. The molecule has 0 fully saturated rings. The molecule has 0 aromatic heterocycles. The van der Waals surface area contributed by atoms with Gasteiger partial charge in [0.15, 0.2) is 6.10 Å². The molecule has 1 aromatic carbocycles.